The summed E-state index contributed by atoms with van der Waals surface area (Å²) in [6.07, 6.45) is 6.26. The fourth-order valence-electron chi connectivity index (χ4n) is 2.41. The van der Waals surface area contributed by atoms with Crippen LogP contribution in [0.2, 0.25) is 0 Å². The summed E-state index contributed by atoms with van der Waals surface area (Å²) in [6, 6.07) is 9.29. The third-order valence-corrected chi connectivity index (χ3v) is 3.51. The number of hydrogen-bond donors (Lipinski definition) is 1. The second kappa shape index (κ2) is 3.38. The van der Waals surface area contributed by atoms with E-state index in [1.807, 2.05) is 0 Å². The van der Waals surface area contributed by atoms with Crippen molar-refractivity contribution in [3.8, 4) is 0 Å². The summed E-state index contributed by atoms with van der Waals surface area (Å²) in [4.78, 5) is 0. The third-order valence-electron chi connectivity index (χ3n) is 3.51. The SMILES string of the molecule is NCc1cn(C2CCC2)c2ccccc12. The van der Waals surface area contributed by atoms with Crippen molar-refractivity contribution in [1.29, 1.82) is 0 Å². The van der Waals surface area contributed by atoms with Crippen molar-refractivity contribution in [1.82, 2.24) is 4.57 Å². The Balaban J connectivity index is 2.20. The molecule has 0 aliphatic heterocycles. The highest BCUT2D eigenvalue weighted by Crippen LogP contribution is 2.35. The Hall–Kier alpha value is -1.28. The highest BCUT2D eigenvalue weighted by Gasteiger charge is 2.21. The zero-order valence-electron chi connectivity index (χ0n) is 8.82. The van der Waals surface area contributed by atoms with Crippen LogP contribution in [0.4, 0.5) is 0 Å². The molecule has 0 saturated heterocycles. The molecule has 1 aliphatic carbocycles. The van der Waals surface area contributed by atoms with E-state index in [1.54, 1.807) is 0 Å². The number of para-hydroxylation sites is 1. The van der Waals surface area contributed by atoms with E-state index in [0.717, 1.165) is 6.04 Å². The van der Waals surface area contributed by atoms with Crippen molar-refractivity contribution in [3.63, 3.8) is 0 Å². The maximum atomic E-state index is 5.78. The number of nitrogens with zero attached hydrogens (tertiary/aromatic N) is 1. The van der Waals surface area contributed by atoms with Crippen LogP contribution >= 0.6 is 0 Å². The molecule has 2 N–H and O–H groups in total. The van der Waals surface area contributed by atoms with Crippen LogP contribution in [0.25, 0.3) is 10.9 Å². The largest absolute Gasteiger partial charge is 0.344 e. The molecule has 1 aromatic carbocycles. The van der Waals surface area contributed by atoms with E-state index >= 15 is 0 Å². The molecule has 1 heterocycles. The van der Waals surface area contributed by atoms with Gasteiger partial charge in [0.25, 0.3) is 0 Å². The van der Waals surface area contributed by atoms with Crippen LogP contribution < -0.4 is 5.73 Å². The maximum Gasteiger partial charge on any atom is 0.0486 e. The predicted octanol–water partition coefficient (Wildman–Crippen LogP) is 2.83. The highest BCUT2D eigenvalue weighted by molar-refractivity contribution is 5.84. The van der Waals surface area contributed by atoms with Gasteiger partial charge in [0.1, 0.15) is 0 Å². The summed E-state index contributed by atoms with van der Waals surface area (Å²) in [6.45, 7) is 0.639. The van der Waals surface area contributed by atoms with Crippen molar-refractivity contribution >= 4 is 10.9 Å². The van der Waals surface area contributed by atoms with Crippen molar-refractivity contribution < 1.29 is 0 Å². The Morgan fingerprint density at radius 3 is 2.73 bits per heavy atom. The first-order valence-electron chi connectivity index (χ1n) is 5.68. The summed E-state index contributed by atoms with van der Waals surface area (Å²) < 4.78 is 2.42. The minimum Gasteiger partial charge on any atom is -0.344 e. The average Bonchev–Trinajstić information content (AvgIpc) is 2.55. The van der Waals surface area contributed by atoms with Gasteiger partial charge in [-0.3, -0.25) is 0 Å². The molecule has 78 valence electrons. The van der Waals surface area contributed by atoms with E-state index in [9.17, 15) is 0 Å². The van der Waals surface area contributed by atoms with Crippen molar-refractivity contribution in [2.75, 3.05) is 0 Å². The number of rotatable bonds is 2. The molecule has 2 aromatic rings. The molecule has 15 heavy (non-hydrogen) atoms. The lowest BCUT2D eigenvalue weighted by atomic mass is 9.93. The van der Waals surface area contributed by atoms with E-state index in [0.29, 0.717) is 6.54 Å². The second-order valence-electron chi connectivity index (χ2n) is 4.37. The molecule has 0 atom stereocenters. The van der Waals surface area contributed by atoms with Gasteiger partial charge in [-0.25, -0.2) is 0 Å². The number of benzene rings is 1. The minimum absolute atomic E-state index is 0.639. The normalized spacial score (nSPS) is 16.9. The smallest absolute Gasteiger partial charge is 0.0486 e. The van der Waals surface area contributed by atoms with Gasteiger partial charge in [-0.15, -0.1) is 0 Å². The molecule has 3 rings (SSSR count). The van der Waals surface area contributed by atoms with Gasteiger partial charge in [0.15, 0.2) is 0 Å². The monoisotopic (exact) mass is 200 g/mol. The number of aromatic nitrogens is 1. The van der Waals surface area contributed by atoms with E-state index in [2.05, 4.69) is 35.0 Å². The Labute approximate surface area is 89.7 Å². The Kier molecular flexibility index (Phi) is 2.03. The van der Waals surface area contributed by atoms with E-state index in [-0.39, 0.29) is 0 Å². The molecule has 0 amide bonds. The van der Waals surface area contributed by atoms with Crippen molar-refractivity contribution in [2.24, 2.45) is 5.73 Å². The van der Waals surface area contributed by atoms with Crippen molar-refractivity contribution in [3.05, 3.63) is 36.0 Å². The molecule has 2 heteroatoms. The highest BCUT2D eigenvalue weighted by atomic mass is 15.0. The summed E-state index contributed by atoms with van der Waals surface area (Å²) in [5, 5.41) is 1.33. The molecule has 0 unspecified atom stereocenters. The van der Waals surface area contributed by atoms with Gasteiger partial charge in [-0.05, 0) is 30.9 Å². The first kappa shape index (κ1) is 8.98. The van der Waals surface area contributed by atoms with Crippen LogP contribution in [0.3, 0.4) is 0 Å². The number of fused-ring (bicyclic) bond motifs is 1. The molecular formula is C13H16N2. The first-order chi connectivity index (χ1) is 7.40. The average molecular weight is 200 g/mol. The van der Waals surface area contributed by atoms with Gasteiger partial charge >= 0.3 is 0 Å². The third kappa shape index (κ3) is 1.29. The second-order valence-corrected chi connectivity index (χ2v) is 4.37. The molecule has 0 bridgehead atoms. The van der Waals surface area contributed by atoms with Gasteiger partial charge in [0.2, 0.25) is 0 Å². The van der Waals surface area contributed by atoms with Crippen molar-refractivity contribution in [2.45, 2.75) is 31.8 Å². The summed E-state index contributed by atoms with van der Waals surface area (Å²) in [5.74, 6) is 0. The molecule has 1 aromatic heterocycles. The Morgan fingerprint density at radius 1 is 1.27 bits per heavy atom. The van der Waals surface area contributed by atoms with Gasteiger partial charge in [0.05, 0.1) is 0 Å². The van der Waals surface area contributed by atoms with Gasteiger partial charge in [-0.1, -0.05) is 18.2 Å². The van der Waals surface area contributed by atoms with Crippen LogP contribution in [0.5, 0.6) is 0 Å². The van der Waals surface area contributed by atoms with Crippen LogP contribution in [0, 0.1) is 0 Å². The van der Waals surface area contributed by atoms with Gasteiger partial charge in [-0.2, -0.15) is 0 Å². The number of hydrogen-bond acceptors (Lipinski definition) is 1. The quantitative estimate of drug-likeness (QED) is 0.794. The molecule has 0 radical (unpaired) electrons. The molecule has 1 fully saturated rings. The molecule has 2 nitrogen and oxygen atoms in total. The standard InChI is InChI=1S/C13H16N2/c14-8-10-9-15(11-4-3-5-11)13-7-2-1-6-12(10)13/h1-2,6-7,9,11H,3-5,8,14H2. The minimum atomic E-state index is 0.639. The fourth-order valence-corrected chi connectivity index (χ4v) is 2.41. The molecule has 0 spiro atoms. The lowest BCUT2D eigenvalue weighted by Crippen LogP contribution is -2.15. The summed E-state index contributed by atoms with van der Waals surface area (Å²) >= 11 is 0. The summed E-state index contributed by atoms with van der Waals surface area (Å²) in [5.41, 5.74) is 8.40. The molecule has 1 aliphatic rings. The summed E-state index contributed by atoms with van der Waals surface area (Å²) in [7, 11) is 0. The van der Waals surface area contributed by atoms with Crippen LogP contribution in [-0.2, 0) is 6.54 Å². The lowest BCUT2D eigenvalue weighted by Gasteiger charge is -2.28. The van der Waals surface area contributed by atoms with Crippen LogP contribution in [0.15, 0.2) is 30.5 Å². The lowest BCUT2D eigenvalue weighted by molar-refractivity contribution is 0.321. The molecule has 1 saturated carbocycles. The van der Waals surface area contributed by atoms with E-state index < -0.39 is 0 Å². The van der Waals surface area contributed by atoms with Gasteiger partial charge < -0.3 is 10.3 Å². The van der Waals surface area contributed by atoms with Gasteiger partial charge in [0, 0.05) is 29.7 Å². The predicted molar refractivity (Wildman–Crippen MR) is 62.7 cm³/mol. The zero-order chi connectivity index (χ0) is 10.3. The fraction of sp³-hybridized carbons (Fsp3) is 0.385. The zero-order valence-corrected chi connectivity index (χ0v) is 8.82. The number of nitrogens with two attached hydrogens (primary N) is 1. The van der Waals surface area contributed by atoms with Crippen LogP contribution in [-0.4, -0.2) is 4.57 Å². The Morgan fingerprint density at radius 2 is 2.07 bits per heavy atom. The topological polar surface area (TPSA) is 30.9 Å². The first-order valence-corrected chi connectivity index (χ1v) is 5.68. The Bertz CT molecular complexity index is 480. The van der Waals surface area contributed by atoms with E-state index in [4.69, 9.17) is 5.73 Å². The molecular weight excluding hydrogens is 184 g/mol. The van der Waals surface area contributed by atoms with E-state index in [1.165, 1.54) is 35.7 Å². The maximum absolute atomic E-state index is 5.78. The van der Waals surface area contributed by atoms with Crippen LogP contribution in [0.1, 0.15) is 30.9 Å².